The fourth-order valence-electron chi connectivity index (χ4n) is 4.97. The third-order valence-corrected chi connectivity index (χ3v) is 7.06. The normalized spacial score (nSPS) is 15.7. The molecule has 1 aliphatic rings. The number of hydrogen-bond acceptors (Lipinski definition) is 8. The third kappa shape index (κ3) is 5.24. The van der Waals surface area contributed by atoms with Crippen molar-refractivity contribution in [3.05, 3.63) is 64.2 Å². The molecule has 11 nitrogen and oxygen atoms in total. The van der Waals surface area contributed by atoms with Crippen LogP contribution in [0.5, 0.6) is 5.75 Å². The molecule has 40 heavy (non-hydrogen) atoms. The predicted octanol–water partition coefficient (Wildman–Crippen LogP) is 2.18. The number of hydrogen-bond donors (Lipinski definition) is 1. The monoisotopic (exact) mass is 553 g/mol. The number of alkyl halides is 2. The lowest BCUT2D eigenvalue weighted by Gasteiger charge is -2.39. The van der Waals surface area contributed by atoms with Crippen LogP contribution < -0.4 is 15.2 Å². The van der Waals surface area contributed by atoms with Gasteiger partial charge in [0.1, 0.15) is 12.4 Å². The van der Waals surface area contributed by atoms with Gasteiger partial charge in [0.15, 0.2) is 5.65 Å². The zero-order valence-corrected chi connectivity index (χ0v) is 22.3. The van der Waals surface area contributed by atoms with Crippen molar-refractivity contribution >= 4 is 22.9 Å². The van der Waals surface area contributed by atoms with Crippen LogP contribution in [0.4, 0.5) is 14.7 Å². The van der Waals surface area contributed by atoms with Crippen LogP contribution >= 0.6 is 0 Å². The van der Waals surface area contributed by atoms with Crippen LogP contribution in [-0.2, 0) is 18.4 Å². The van der Waals surface area contributed by atoms with Gasteiger partial charge in [0.2, 0.25) is 11.9 Å². The van der Waals surface area contributed by atoms with Crippen LogP contribution in [0, 0.1) is 6.92 Å². The van der Waals surface area contributed by atoms with Crippen LogP contribution in [0.2, 0.25) is 0 Å². The maximum atomic E-state index is 13.0. The minimum atomic E-state index is -2.98. The first kappa shape index (κ1) is 27.2. The van der Waals surface area contributed by atoms with Crippen molar-refractivity contribution in [2.45, 2.75) is 33.0 Å². The van der Waals surface area contributed by atoms with Gasteiger partial charge in [0, 0.05) is 56.2 Å². The topological polar surface area (TPSA) is 119 Å². The number of aliphatic hydroxyl groups is 1. The van der Waals surface area contributed by atoms with Crippen LogP contribution in [0.15, 0.2) is 47.5 Å². The quantitative estimate of drug-likeness (QED) is 0.370. The van der Waals surface area contributed by atoms with Crippen molar-refractivity contribution in [1.29, 1.82) is 0 Å². The summed E-state index contributed by atoms with van der Waals surface area (Å²) in [5, 5.41) is 9.52. The third-order valence-electron chi connectivity index (χ3n) is 7.06. The highest BCUT2D eigenvalue weighted by Gasteiger charge is 2.28. The molecule has 1 saturated heterocycles. The predicted molar refractivity (Wildman–Crippen MR) is 143 cm³/mol. The van der Waals surface area contributed by atoms with Crippen molar-refractivity contribution in [2.24, 2.45) is 7.05 Å². The number of amides is 1. The van der Waals surface area contributed by atoms with E-state index in [-0.39, 0.29) is 29.8 Å². The molecule has 4 aromatic rings. The first-order chi connectivity index (χ1) is 19.2. The lowest BCUT2D eigenvalue weighted by molar-refractivity contribution is -0.134. The molecule has 4 heterocycles. The molecule has 210 valence electrons. The van der Waals surface area contributed by atoms with Gasteiger partial charge in [0.05, 0.1) is 17.6 Å². The van der Waals surface area contributed by atoms with Gasteiger partial charge in [-0.05, 0) is 32.0 Å². The Balaban J connectivity index is 1.44. The molecular formula is C27H29F2N7O4. The molecule has 3 aromatic heterocycles. The highest BCUT2D eigenvalue weighted by atomic mass is 19.3. The second-order valence-corrected chi connectivity index (χ2v) is 9.76. The molecule has 0 spiro atoms. The number of carbonyl (C=O) groups is 1. The van der Waals surface area contributed by atoms with Crippen LogP contribution in [0.25, 0.3) is 22.3 Å². The summed E-state index contributed by atoms with van der Waals surface area (Å²) in [6.07, 6.45) is 3.30. The minimum absolute atomic E-state index is 0.0332. The summed E-state index contributed by atoms with van der Waals surface area (Å²) in [4.78, 5) is 42.2. The molecule has 0 aliphatic carbocycles. The Labute approximate surface area is 228 Å². The van der Waals surface area contributed by atoms with Crippen LogP contribution in [-0.4, -0.2) is 79.1 Å². The van der Waals surface area contributed by atoms with E-state index in [0.717, 1.165) is 5.56 Å². The van der Waals surface area contributed by atoms with E-state index in [9.17, 15) is 18.4 Å². The second-order valence-electron chi connectivity index (χ2n) is 9.76. The molecule has 13 heteroatoms. The van der Waals surface area contributed by atoms with Gasteiger partial charge in [0.25, 0.3) is 5.56 Å². The summed E-state index contributed by atoms with van der Waals surface area (Å²) in [5.41, 5.74) is 2.64. The first-order valence-corrected chi connectivity index (χ1v) is 12.7. The lowest BCUT2D eigenvalue weighted by Crippen LogP contribution is -2.54. The highest BCUT2D eigenvalue weighted by molar-refractivity contribution is 5.79. The van der Waals surface area contributed by atoms with Crippen molar-refractivity contribution in [2.75, 3.05) is 31.1 Å². The van der Waals surface area contributed by atoms with Gasteiger partial charge < -0.3 is 19.6 Å². The number of halogens is 2. The Morgan fingerprint density at radius 2 is 1.93 bits per heavy atom. The number of pyridine rings is 1. The Morgan fingerprint density at radius 1 is 1.18 bits per heavy atom. The summed E-state index contributed by atoms with van der Waals surface area (Å²) in [6, 6.07) is 8.27. The summed E-state index contributed by atoms with van der Waals surface area (Å²) in [7, 11) is 1.60. The number of nitrogens with zero attached hydrogens (tertiary/aromatic N) is 7. The molecular weight excluding hydrogens is 524 g/mol. The molecule has 1 N–H and O–H groups in total. The molecule has 1 unspecified atom stereocenters. The van der Waals surface area contributed by atoms with Gasteiger partial charge in [-0.15, -0.1) is 0 Å². The first-order valence-electron chi connectivity index (χ1n) is 12.7. The zero-order valence-electron chi connectivity index (χ0n) is 22.3. The van der Waals surface area contributed by atoms with E-state index < -0.39 is 13.2 Å². The number of fused-ring (bicyclic) bond motifs is 1. The Kier molecular flexibility index (Phi) is 7.48. The molecule has 1 aliphatic heterocycles. The van der Waals surface area contributed by atoms with Crippen molar-refractivity contribution < 1.29 is 23.4 Å². The maximum Gasteiger partial charge on any atom is 0.387 e. The Bertz CT molecular complexity index is 1600. The molecule has 1 fully saturated rings. The number of anilines is 1. The highest BCUT2D eigenvalue weighted by Crippen LogP contribution is 2.26. The van der Waals surface area contributed by atoms with Crippen molar-refractivity contribution in [3.63, 3.8) is 0 Å². The van der Waals surface area contributed by atoms with Crippen LogP contribution in [0.3, 0.4) is 0 Å². The average Bonchev–Trinajstić information content (AvgIpc) is 3.18. The number of aliphatic hydroxyl groups excluding tert-OH is 1. The molecule has 1 aromatic carbocycles. The molecule has 0 bridgehead atoms. The van der Waals surface area contributed by atoms with Gasteiger partial charge in [-0.2, -0.15) is 8.78 Å². The molecule has 1 amide bonds. The number of rotatable bonds is 7. The second kappa shape index (κ2) is 11.0. The number of benzene rings is 1. The summed E-state index contributed by atoms with van der Waals surface area (Å²) in [5.74, 6) is 0.241. The zero-order chi connectivity index (χ0) is 28.6. The Morgan fingerprint density at radius 3 is 2.60 bits per heavy atom. The maximum absolute atomic E-state index is 13.0. The van der Waals surface area contributed by atoms with Gasteiger partial charge in [-0.3, -0.25) is 19.0 Å². The number of ether oxygens (including phenoxy) is 1. The smallest absolute Gasteiger partial charge is 0.387 e. The number of aromatic nitrogens is 5. The van der Waals surface area contributed by atoms with Gasteiger partial charge in [-0.1, -0.05) is 17.7 Å². The van der Waals surface area contributed by atoms with Gasteiger partial charge >= 0.3 is 6.61 Å². The number of aryl methyl sites for hydroxylation is 1. The molecule has 5 rings (SSSR count). The van der Waals surface area contributed by atoms with E-state index in [0.29, 0.717) is 53.4 Å². The average molecular weight is 554 g/mol. The minimum Gasteiger partial charge on any atom is -0.434 e. The number of piperazine rings is 1. The van der Waals surface area contributed by atoms with E-state index in [2.05, 4.69) is 9.97 Å². The van der Waals surface area contributed by atoms with Crippen molar-refractivity contribution in [3.8, 4) is 17.0 Å². The summed E-state index contributed by atoms with van der Waals surface area (Å²) < 4.78 is 33.8. The standard InChI is InChI=1S/C27H29F2N7O4/c1-16-4-7-22(40-26(28)29)18(10-16)14-36-24-20(25(39)33(36)3)5-6-21(32-24)19-11-30-27(31-12-19)35-9-8-34(13-17(35)2)23(38)15-37/h4-7,10-12,17,26,37H,8-9,13-15H2,1-3H3. The fraction of sp³-hybridized carbons (Fsp3) is 0.370. The van der Waals surface area contributed by atoms with Crippen LogP contribution in [0.1, 0.15) is 18.1 Å². The molecule has 0 saturated carbocycles. The largest absolute Gasteiger partial charge is 0.434 e. The van der Waals surface area contributed by atoms with Gasteiger partial charge in [-0.25, -0.2) is 15.0 Å². The van der Waals surface area contributed by atoms with E-state index in [1.165, 1.54) is 10.7 Å². The van der Waals surface area contributed by atoms with Crippen molar-refractivity contribution in [1.82, 2.24) is 29.2 Å². The SMILES string of the molecule is Cc1ccc(OC(F)F)c(Cn2c3nc(-c4cnc(N5CCN(C(=O)CO)CC5C)nc4)ccc3c(=O)n2C)c1. The fourth-order valence-corrected chi connectivity index (χ4v) is 4.97. The van der Waals surface area contributed by atoms with E-state index >= 15 is 0 Å². The number of carbonyl (C=O) groups excluding carboxylic acids is 1. The molecule has 1 atom stereocenters. The van der Waals surface area contributed by atoms with E-state index in [4.69, 9.17) is 14.8 Å². The lowest BCUT2D eigenvalue weighted by atomic mass is 10.1. The van der Waals surface area contributed by atoms with E-state index in [1.54, 1.807) is 53.3 Å². The summed E-state index contributed by atoms with van der Waals surface area (Å²) in [6.45, 7) is 1.86. The molecule has 0 radical (unpaired) electrons. The Hall–Kier alpha value is -4.39. The summed E-state index contributed by atoms with van der Waals surface area (Å²) >= 11 is 0. The van der Waals surface area contributed by atoms with E-state index in [1.807, 2.05) is 18.7 Å².